The van der Waals surface area contributed by atoms with Crippen LogP contribution in [-0.2, 0) is 26.6 Å². The number of carbonyl (C=O) groups is 2. The first-order chi connectivity index (χ1) is 20.8. The van der Waals surface area contributed by atoms with Gasteiger partial charge in [-0.1, -0.05) is 30.3 Å². The Morgan fingerprint density at radius 2 is 1.50 bits per heavy atom. The summed E-state index contributed by atoms with van der Waals surface area (Å²) in [5.74, 6) is -0.393. The summed E-state index contributed by atoms with van der Waals surface area (Å²) >= 11 is 0. The fourth-order valence-corrected chi connectivity index (χ4v) is 6.33. The molecule has 13 heteroatoms. The maximum absolute atomic E-state index is 13.6. The number of likely N-dealkylation sites (tertiary alicyclic amines) is 2. The van der Waals surface area contributed by atoms with Gasteiger partial charge in [-0.2, -0.15) is 26.3 Å². The predicted molar refractivity (Wildman–Crippen MR) is 148 cm³/mol. The number of alkyl halides is 6. The van der Waals surface area contributed by atoms with E-state index in [9.17, 15) is 35.9 Å². The van der Waals surface area contributed by atoms with Crippen LogP contribution in [0.4, 0.5) is 31.1 Å². The van der Waals surface area contributed by atoms with E-state index in [0.29, 0.717) is 64.2 Å². The summed E-state index contributed by atoms with van der Waals surface area (Å²) in [6, 6.07) is 10.7. The Morgan fingerprint density at radius 1 is 0.886 bits per heavy atom. The zero-order valence-electron chi connectivity index (χ0n) is 24.2. The van der Waals surface area contributed by atoms with Gasteiger partial charge in [-0.05, 0) is 55.5 Å². The second kappa shape index (κ2) is 13.0. The molecule has 0 N–H and O–H groups in total. The number of benzene rings is 2. The van der Waals surface area contributed by atoms with Crippen molar-refractivity contribution >= 4 is 11.9 Å². The molecule has 0 unspecified atom stereocenters. The molecular formula is C31H35F6N3O4. The quantitative estimate of drug-likeness (QED) is 0.376. The van der Waals surface area contributed by atoms with Crippen LogP contribution in [0.1, 0.15) is 60.5 Å². The van der Waals surface area contributed by atoms with Crippen LogP contribution >= 0.6 is 0 Å². The van der Waals surface area contributed by atoms with Crippen molar-refractivity contribution in [3.63, 3.8) is 0 Å². The van der Waals surface area contributed by atoms with Crippen molar-refractivity contribution in [3.8, 4) is 0 Å². The first kappa shape index (κ1) is 32.1. The molecule has 3 heterocycles. The van der Waals surface area contributed by atoms with Gasteiger partial charge in [0.2, 0.25) is 5.91 Å². The van der Waals surface area contributed by atoms with Gasteiger partial charge in [0.05, 0.1) is 29.9 Å². The Balaban J connectivity index is 1.29. The number of hydrogen-bond donors (Lipinski definition) is 0. The summed E-state index contributed by atoms with van der Waals surface area (Å²) in [6.45, 7) is 4.14. The van der Waals surface area contributed by atoms with Gasteiger partial charge < -0.3 is 24.2 Å². The lowest BCUT2D eigenvalue weighted by molar-refractivity contribution is -0.147. The van der Waals surface area contributed by atoms with Crippen LogP contribution in [0.3, 0.4) is 0 Å². The third-order valence-corrected chi connectivity index (χ3v) is 8.70. The fourth-order valence-electron chi connectivity index (χ4n) is 6.33. The highest BCUT2D eigenvalue weighted by molar-refractivity contribution is 5.78. The Labute approximate surface area is 251 Å². The van der Waals surface area contributed by atoms with Crippen molar-refractivity contribution < 1.29 is 45.4 Å². The predicted octanol–water partition coefficient (Wildman–Crippen LogP) is 6.10. The number of urea groups is 1. The van der Waals surface area contributed by atoms with Crippen LogP contribution in [-0.4, -0.2) is 84.7 Å². The van der Waals surface area contributed by atoms with E-state index in [0.717, 1.165) is 5.56 Å². The Bertz CT molecular complexity index is 1280. The topological polar surface area (TPSA) is 62.3 Å². The van der Waals surface area contributed by atoms with Gasteiger partial charge in [-0.15, -0.1) is 0 Å². The normalized spacial score (nSPS) is 23.2. The summed E-state index contributed by atoms with van der Waals surface area (Å²) in [4.78, 5) is 31.2. The zero-order valence-corrected chi connectivity index (χ0v) is 24.2. The van der Waals surface area contributed by atoms with Crippen LogP contribution in [0, 0.1) is 0 Å². The molecule has 3 saturated heterocycles. The minimum atomic E-state index is -4.96. The van der Waals surface area contributed by atoms with Gasteiger partial charge in [0, 0.05) is 44.7 Å². The molecule has 2 aromatic carbocycles. The second-order valence-corrected chi connectivity index (χ2v) is 11.5. The number of rotatable bonds is 5. The molecule has 3 fully saturated rings. The largest absolute Gasteiger partial charge is 0.416 e. The molecular weight excluding hydrogens is 592 g/mol. The summed E-state index contributed by atoms with van der Waals surface area (Å²) in [5, 5.41) is 0. The Hall–Kier alpha value is -3.32. The molecule has 3 aliphatic heterocycles. The lowest BCUT2D eigenvalue weighted by atomic mass is 9.87. The van der Waals surface area contributed by atoms with E-state index in [2.05, 4.69) is 0 Å². The maximum atomic E-state index is 13.6. The van der Waals surface area contributed by atoms with Gasteiger partial charge in [0.1, 0.15) is 6.61 Å². The molecule has 3 atom stereocenters. The first-order valence-electron chi connectivity index (χ1n) is 14.7. The molecule has 44 heavy (non-hydrogen) atoms. The first-order valence-corrected chi connectivity index (χ1v) is 14.7. The number of amides is 3. The third-order valence-electron chi connectivity index (χ3n) is 8.70. The van der Waals surface area contributed by atoms with Gasteiger partial charge >= 0.3 is 18.4 Å². The number of ether oxygens (including phenoxy) is 2. The van der Waals surface area contributed by atoms with Crippen LogP contribution in [0.15, 0.2) is 48.5 Å². The number of nitrogens with zero attached hydrogens (tertiary/aromatic N) is 3. The molecule has 0 aliphatic carbocycles. The lowest BCUT2D eigenvalue weighted by Crippen LogP contribution is -2.56. The Kier molecular flexibility index (Phi) is 9.45. The van der Waals surface area contributed by atoms with E-state index in [1.54, 1.807) is 9.80 Å². The minimum Gasteiger partial charge on any atom is -0.370 e. The minimum absolute atomic E-state index is 0.0391. The molecule has 0 spiro atoms. The molecule has 2 aromatic rings. The molecule has 0 radical (unpaired) electrons. The zero-order chi connectivity index (χ0) is 31.6. The number of morpholine rings is 1. The molecule has 7 nitrogen and oxygen atoms in total. The number of carbonyl (C=O) groups excluding carboxylic acids is 2. The maximum Gasteiger partial charge on any atom is 0.416 e. The van der Waals surface area contributed by atoms with E-state index in [4.69, 9.17) is 9.47 Å². The van der Waals surface area contributed by atoms with Crippen LogP contribution in [0.25, 0.3) is 0 Å². The van der Waals surface area contributed by atoms with Crippen molar-refractivity contribution in [3.05, 3.63) is 70.8 Å². The van der Waals surface area contributed by atoms with Crippen molar-refractivity contribution in [2.75, 3.05) is 45.9 Å². The fraction of sp³-hybridized carbons (Fsp3) is 0.548. The molecule has 240 valence electrons. The summed E-state index contributed by atoms with van der Waals surface area (Å²) in [6.07, 6.45) is -9.88. The van der Waals surface area contributed by atoms with Gasteiger partial charge in [0.15, 0.2) is 0 Å². The van der Waals surface area contributed by atoms with Crippen molar-refractivity contribution in [2.24, 2.45) is 0 Å². The average molecular weight is 628 g/mol. The van der Waals surface area contributed by atoms with Crippen LogP contribution < -0.4 is 0 Å². The van der Waals surface area contributed by atoms with E-state index in [1.165, 1.54) is 6.92 Å². The second-order valence-electron chi connectivity index (χ2n) is 11.5. The highest BCUT2D eigenvalue weighted by Gasteiger charge is 2.40. The summed E-state index contributed by atoms with van der Waals surface area (Å²) < 4.78 is 92.3. The smallest absolute Gasteiger partial charge is 0.370 e. The molecule has 0 aromatic heterocycles. The van der Waals surface area contributed by atoms with Crippen molar-refractivity contribution in [1.29, 1.82) is 0 Å². The summed E-state index contributed by atoms with van der Waals surface area (Å²) in [7, 11) is 0. The highest BCUT2D eigenvalue weighted by atomic mass is 19.4. The summed E-state index contributed by atoms with van der Waals surface area (Å²) in [5.41, 5.74) is -2.15. The SMILES string of the molecule is C[C@@H](O[C@H]1CCN(C(=O)N2CCC(N3CCOCC3=O)CC2)C[C@H]1c1ccccc1)c1cc(C(F)(F)F)cc(C(F)(F)F)c1. The van der Waals surface area contributed by atoms with E-state index >= 15 is 0 Å². The monoisotopic (exact) mass is 627 g/mol. The number of halogens is 6. The molecule has 0 bridgehead atoms. The Morgan fingerprint density at radius 3 is 2.09 bits per heavy atom. The van der Waals surface area contributed by atoms with Crippen LogP contribution in [0.2, 0.25) is 0 Å². The van der Waals surface area contributed by atoms with E-state index in [-0.39, 0.29) is 48.7 Å². The number of hydrogen-bond acceptors (Lipinski definition) is 4. The van der Waals surface area contributed by atoms with Crippen LogP contribution in [0.5, 0.6) is 0 Å². The standard InChI is InChI=1S/C31H35F6N3O4/c1-20(22-15-23(30(32,33)34)17-24(16-22)31(35,36)37)44-27-9-12-39(18-26(27)21-5-3-2-4-6-21)29(42)38-10-7-25(8-11-38)40-13-14-43-19-28(40)41/h2-6,15-17,20,25-27H,7-14,18-19H2,1H3/t20-,26+,27+/m1/s1. The van der Waals surface area contributed by atoms with E-state index in [1.807, 2.05) is 35.2 Å². The lowest BCUT2D eigenvalue weighted by Gasteiger charge is -2.44. The van der Waals surface area contributed by atoms with Gasteiger partial charge in [-0.25, -0.2) is 4.79 Å². The molecule has 0 saturated carbocycles. The van der Waals surface area contributed by atoms with E-state index < -0.39 is 35.7 Å². The molecule has 5 rings (SSSR count). The third kappa shape index (κ3) is 7.31. The highest BCUT2D eigenvalue weighted by Crippen LogP contribution is 2.39. The van der Waals surface area contributed by atoms with Crippen molar-refractivity contribution in [1.82, 2.24) is 14.7 Å². The molecule has 3 amide bonds. The van der Waals surface area contributed by atoms with Gasteiger partial charge in [0.25, 0.3) is 0 Å². The van der Waals surface area contributed by atoms with Gasteiger partial charge in [-0.3, -0.25) is 4.79 Å². The average Bonchev–Trinajstić information content (AvgIpc) is 3.00. The van der Waals surface area contributed by atoms with Crippen molar-refractivity contribution in [2.45, 2.75) is 62.7 Å². The number of piperidine rings is 2. The molecule has 3 aliphatic rings.